The predicted octanol–water partition coefficient (Wildman–Crippen LogP) is 3.21. The van der Waals surface area contributed by atoms with Crippen LogP contribution in [-0.4, -0.2) is 12.5 Å². The summed E-state index contributed by atoms with van der Waals surface area (Å²) in [5.74, 6) is 0.389. The van der Waals surface area contributed by atoms with Gasteiger partial charge in [0, 0.05) is 31.1 Å². The Morgan fingerprint density at radius 1 is 1.19 bits per heavy atom. The highest BCUT2D eigenvalue weighted by Gasteiger charge is 2.23. The van der Waals surface area contributed by atoms with E-state index in [1.54, 1.807) is 0 Å². The first-order valence-electron chi connectivity index (χ1n) is 7.38. The second kappa shape index (κ2) is 6.00. The van der Waals surface area contributed by atoms with Crippen LogP contribution in [0.1, 0.15) is 29.0 Å². The van der Waals surface area contributed by atoms with Crippen LogP contribution in [0.2, 0.25) is 0 Å². The maximum atomic E-state index is 12.2. The Labute approximate surface area is 125 Å². The van der Waals surface area contributed by atoms with Crippen molar-refractivity contribution in [1.29, 1.82) is 0 Å². The van der Waals surface area contributed by atoms with Gasteiger partial charge in [-0.3, -0.25) is 4.79 Å². The minimum Gasteiger partial charge on any atom is -0.384 e. The number of benzene rings is 2. The lowest BCUT2D eigenvalue weighted by molar-refractivity contribution is -0.121. The highest BCUT2D eigenvalue weighted by molar-refractivity contribution is 5.78. The lowest BCUT2D eigenvalue weighted by atomic mass is 9.97. The van der Waals surface area contributed by atoms with E-state index in [1.165, 1.54) is 16.7 Å². The number of carbonyl (C=O) groups excluding carboxylic acids is 1. The van der Waals surface area contributed by atoms with Crippen LogP contribution in [0.25, 0.3) is 0 Å². The molecule has 2 N–H and O–H groups in total. The van der Waals surface area contributed by atoms with Crippen molar-refractivity contribution in [2.75, 3.05) is 11.9 Å². The van der Waals surface area contributed by atoms with E-state index in [2.05, 4.69) is 41.8 Å². The number of carbonyl (C=O) groups is 1. The van der Waals surface area contributed by atoms with Gasteiger partial charge in [-0.1, -0.05) is 42.5 Å². The topological polar surface area (TPSA) is 41.1 Å². The minimum absolute atomic E-state index is 0.113. The molecule has 0 radical (unpaired) electrons. The number of anilines is 1. The molecular formula is C18H20N2O. The van der Waals surface area contributed by atoms with Gasteiger partial charge in [0.25, 0.3) is 0 Å². The van der Waals surface area contributed by atoms with Crippen molar-refractivity contribution in [2.24, 2.45) is 0 Å². The Bertz CT molecular complexity index is 651. The summed E-state index contributed by atoms with van der Waals surface area (Å²) in [5.41, 5.74) is 4.80. The fourth-order valence-electron chi connectivity index (χ4n) is 2.84. The number of hydrogen-bond acceptors (Lipinski definition) is 2. The standard InChI is InChI=1S/C18H20N2O/c1-13-6-2-3-7-14(13)11-20-18(21)10-15-12-19-17-9-5-4-8-16(15)17/h2-9,15,19H,10-12H2,1H3,(H,20,21). The van der Waals surface area contributed by atoms with Crippen LogP contribution in [-0.2, 0) is 11.3 Å². The number of para-hydroxylation sites is 1. The first-order valence-corrected chi connectivity index (χ1v) is 7.38. The van der Waals surface area contributed by atoms with Crippen LogP contribution in [0, 0.1) is 6.92 Å². The maximum Gasteiger partial charge on any atom is 0.220 e. The van der Waals surface area contributed by atoms with Crippen molar-refractivity contribution in [3.63, 3.8) is 0 Å². The fourth-order valence-corrected chi connectivity index (χ4v) is 2.84. The zero-order chi connectivity index (χ0) is 14.7. The first kappa shape index (κ1) is 13.7. The Morgan fingerprint density at radius 3 is 2.81 bits per heavy atom. The number of rotatable bonds is 4. The van der Waals surface area contributed by atoms with Crippen molar-refractivity contribution in [2.45, 2.75) is 25.8 Å². The smallest absolute Gasteiger partial charge is 0.220 e. The van der Waals surface area contributed by atoms with Gasteiger partial charge in [0.05, 0.1) is 0 Å². The number of nitrogens with one attached hydrogen (secondary N) is 2. The Morgan fingerprint density at radius 2 is 1.95 bits per heavy atom. The zero-order valence-electron chi connectivity index (χ0n) is 12.2. The summed E-state index contributed by atoms with van der Waals surface area (Å²) in [7, 11) is 0. The monoisotopic (exact) mass is 280 g/mol. The molecule has 21 heavy (non-hydrogen) atoms. The first-order chi connectivity index (χ1) is 10.2. The molecule has 0 spiro atoms. The van der Waals surface area contributed by atoms with Gasteiger partial charge in [-0.05, 0) is 29.7 Å². The van der Waals surface area contributed by atoms with E-state index in [0.29, 0.717) is 13.0 Å². The van der Waals surface area contributed by atoms with Gasteiger partial charge in [-0.2, -0.15) is 0 Å². The molecule has 0 saturated carbocycles. The summed E-state index contributed by atoms with van der Waals surface area (Å²) in [6, 6.07) is 16.4. The summed E-state index contributed by atoms with van der Waals surface area (Å²) in [5, 5.41) is 6.39. The molecule has 3 heteroatoms. The van der Waals surface area contributed by atoms with E-state index in [4.69, 9.17) is 0 Å². The molecule has 0 saturated heterocycles. The number of amides is 1. The number of aryl methyl sites for hydroxylation is 1. The van der Waals surface area contributed by atoms with Gasteiger partial charge in [0.15, 0.2) is 0 Å². The van der Waals surface area contributed by atoms with Crippen molar-refractivity contribution in [3.05, 3.63) is 65.2 Å². The molecule has 0 bridgehead atoms. The van der Waals surface area contributed by atoms with Crippen LogP contribution in [0.4, 0.5) is 5.69 Å². The normalized spacial score (nSPS) is 16.1. The van der Waals surface area contributed by atoms with Crippen LogP contribution in [0.5, 0.6) is 0 Å². The summed E-state index contributed by atoms with van der Waals surface area (Å²) in [4.78, 5) is 12.2. The SMILES string of the molecule is Cc1ccccc1CNC(=O)CC1CNc2ccccc21. The second-order valence-electron chi connectivity index (χ2n) is 5.57. The predicted molar refractivity (Wildman–Crippen MR) is 85.3 cm³/mol. The molecule has 1 aliphatic rings. The van der Waals surface area contributed by atoms with Gasteiger partial charge in [-0.15, -0.1) is 0 Å². The van der Waals surface area contributed by atoms with Gasteiger partial charge < -0.3 is 10.6 Å². The third-order valence-electron chi connectivity index (χ3n) is 4.11. The lowest BCUT2D eigenvalue weighted by Crippen LogP contribution is -2.25. The molecule has 3 nitrogen and oxygen atoms in total. The van der Waals surface area contributed by atoms with E-state index >= 15 is 0 Å². The third-order valence-corrected chi connectivity index (χ3v) is 4.11. The van der Waals surface area contributed by atoms with E-state index < -0.39 is 0 Å². The highest BCUT2D eigenvalue weighted by Crippen LogP contribution is 2.32. The molecule has 1 amide bonds. The second-order valence-corrected chi connectivity index (χ2v) is 5.57. The minimum atomic E-state index is 0.113. The summed E-state index contributed by atoms with van der Waals surface area (Å²) in [6.45, 7) is 3.52. The van der Waals surface area contributed by atoms with Crippen molar-refractivity contribution in [1.82, 2.24) is 5.32 Å². The molecule has 0 fully saturated rings. The largest absolute Gasteiger partial charge is 0.384 e. The van der Waals surface area contributed by atoms with Crippen molar-refractivity contribution < 1.29 is 4.79 Å². The van der Waals surface area contributed by atoms with Crippen LogP contribution < -0.4 is 10.6 Å². The van der Waals surface area contributed by atoms with E-state index in [-0.39, 0.29) is 11.8 Å². The third kappa shape index (κ3) is 3.07. The van der Waals surface area contributed by atoms with Gasteiger partial charge in [0.1, 0.15) is 0 Å². The van der Waals surface area contributed by atoms with Crippen LogP contribution in [0.3, 0.4) is 0 Å². The summed E-state index contributed by atoms with van der Waals surface area (Å²) < 4.78 is 0. The molecule has 3 rings (SSSR count). The molecule has 108 valence electrons. The van der Waals surface area contributed by atoms with Gasteiger partial charge >= 0.3 is 0 Å². The zero-order valence-corrected chi connectivity index (χ0v) is 12.2. The van der Waals surface area contributed by atoms with E-state index in [9.17, 15) is 4.79 Å². The molecular weight excluding hydrogens is 260 g/mol. The Kier molecular flexibility index (Phi) is 3.91. The van der Waals surface area contributed by atoms with E-state index in [0.717, 1.165) is 12.2 Å². The van der Waals surface area contributed by atoms with Crippen LogP contribution in [0.15, 0.2) is 48.5 Å². The van der Waals surface area contributed by atoms with E-state index in [1.807, 2.05) is 24.3 Å². The molecule has 0 aromatic heterocycles. The Hall–Kier alpha value is -2.29. The number of fused-ring (bicyclic) bond motifs is 1. The lowest BCUT2D eigenvalue weighted by Gasteiger charge is -2.11. The molecule has 1 heterocycles. The van der Waals surface area contributed by atoms with Crippen molar-refractivity contribution >= 4 is 11.6 Å². The quantitative estimate of drug-likeness (QED) is 0.903. The number of hydrogen-bond donors (Lipinski definition) is 2. The molecule has 1 unspecified atom stereocenters. The van der Waals surface area contributed by atoms with Gasteiger partial charge in [0.2, 0.25) is 5.91 Å². The van der Waals surface area contributed by atoms with Crippen LogP contribution >= 0.6 is 0 Å². The average molecular weight is 280 g/mol. The maximum absolute atomic E-state index is 12.2. The summed E-state index contributed by atoms with van der Waals surface area (Å²) in [6.07, 6.45) is 0.538. The molecule has 1 aliphatic heterocycles. The molecule has 1 atom stereocenters. The molecule has 2 aromatic carbocycles. The average Bonchev–Trinajstić information content (AvgIpc) is 2.90. The highest BCUT2D eigenvalue weighted by atomic mass is 16.1. The van der Waals surface area contributed by atoms with Crippen molar-refractivity contribution in [3.8, 4) is 0 Å². The molecule has 0 aliphatic carbocycles. The fraction of sp³-hybridized carbons (Fsp3) is 0.278. The van der Waals surface area contributed by atoms with Gasteiger partial charge in [-0.25, -0.2) is 0 Å². The molecule has 2 aromatic rings. The Balaban J connectivity index is 1.57. The summed E-state index contributed by atoms with van der Waals surface area (Å²) >= 11 is 0.